The largest absolute Gasteiger partial charge is 0.420 e. The quantitative estimate of drug-likeness (QED) is 0.719. The first kappa shape index (κ1) is 17.8. The summed E-state index contributed by atoms with van der Waals surface area (Å²) in [5, 5.41) is 5.80. The van der Waals surface area contributed by atoms with Crippen LogP contribution in [0.5, 0.6) is 0 Å². The summed E-state index contributed by atoms with van der Waals surface area (Å²) in [5.74, 6) is -1.29. The molecule has 0 atom stereocenters. The molecule has 134 valence electrons. The van der Waals surface area contributed by atoms with Gasteiger partial charge in [-0.2, -0.15) is 0 Å². The fourth-order valence-electron chi connectivity index (χ4n) is 2.53. The predicted octanol–water partition coefficient (Wildman–Crippen LogP) is 2.64. The first-order valence-electron chi connectivity index (χ1n) is 7.95. The minimum Gasteiger partial charge on any atom is -0.408 e. The van der Waals surface area contributed by atoms with Crippen LogP contribution in [0.1, 0.15) is 17.3 Å². The Labute approximate surface area is 153 Å². The van der Waals surface area contributed by atoms with Crippen LogP contribution in [0.15, 0.2) is 51.7 Å². The second-order valence-corrected chi connectivity index (χ2v) is 5.99. The Hall–Kier alpha value is -3.06. The summed E-state index contributed by atoms with van der Waals surface area (Å²) < 4.78 is 6.32. The normalized spacial score (nSPS) is 10.7. The van der Waals surface area contributed by atoms with Crippen molar-refractivity contribution >= 4 is 40.2 Å². The predicted molar refractivity (Wildman–Crippen MR) is 98.6 cm³/mol. The van der Waals surface area contributed by atoms with E-state index < -0.39 is 11.7 Å². The highest BCUT2D eigenvalue weighted by atomic mass is 35.5. The van der Waals surface area contributed by atoms with E-state index >= 15 is 0 Å². The number of benzene rings is 2. The molecule has 0 unspecified atom stereocenters. The molecule has 0 radical (unpaired) electrons. The number of carbonyl (C=O) groups is 2. The number of amides is 2. The van der Waals surface area contributed by atoms with Crippen molar-refractivity contribution in [2.45, 2.75) is 13.5 Å². The van der Waals surface area contributed by atoms with Crippen LogP contribution in [0.4, 0.5) is 5.69 Å². The van der Waals surface area contributed by atoms with Gasteiger partial charge in [0.2, 0.25) is 5.91 Å². The van der Waals surface area contributed by atoms with Gasteiger partial charge in [0.05, 0.1) is 5.52 Å². The molecule has 0 spiro atoms. The summed E-state index contributed by atoms with van der Waals surface area (Å²) in [5.41, 5.74) is 1.69. The van der Waals surface area contributed by atoms with E-state index in [1.165, 1.54) is 10.6 Å². The maximum Gasteiger partial charge on any atom is 0.420 e. The van der Waals surface area contributed by atoms with E-state index in [1.807, 2.05) is 6.92 Å². The molecule has 2 N–H and O–H groups in total. The van der Waals surface area contributed by atoms with Gasteiger partial charge in [0.1, 0.15) is 6.54 Å². The first-order valence-corrected chi connectivity index (χ1v) is 8.32. The van der Waals surface area contributed by atoms with E-state index in [9.17, 15) is 14.4 Å². The van der Waals surface area contributed by atoms with Gasteiger partial charge in [0.25, 0.3) is 5.91 Å². The first-order chi connectivity index (χ1) is 12.5. The number of hydrogen-bond acceptors (Lipinski definition) is 4. The zero-order valence-electron chi connectivity index (χ0n) is 13.9. The molecule has 0 fully saturated rings. The maximum atomic E-state index is 12.3. The lowest BCUT2D eigenvalue weighted by Crippen LogP contribution is -2.25. The van der Waals surface area contributed by atoms with Crippen LogP contribution in [-0.2, 0) is 11.3 Å². The van der Waals surface area contributed by atoms with Crippen LogP contribution in [0.2, 0.25) is 5.02 Å². The summed E-state index contributed by atoms with van der Waals surface area (Å²) in [7, 11) is 0. The van der Waals surface area contributed by atoms with E-state index in [2.05, 4.69) is 10.6 Å². The molecular formula is C18H16ClN3O4. The highest BCUT2D eigenvalue weighted by Gasteiger charge is 2.14. The van der Waals surface area contributed by atoms with Gasteiger partial charge in [-0.3, -0.25) is 14.2 Å². The smallest absolute Gasteiger partial charge is 0.408 e. The van der Waals surface area contributed by atoms with Gasteiger partial charge >= 0.3 is 5.76 Å². The van der Waals surface area contributed by atoms with Crippen LogP contribution in [0.3, 0.4) is 0 Å². The van der Waals surface area contributed by atoms with Gasteiger partial charge in [-0.1, -0.05) is 17.7 Å². The van der Waals surface area contributed by atoms with Crippen LogP contribution < -0.4 is 16.4 Å². The minimum atomic E-state index is -0.645. The molecule has 7 nitrogen and oxygen atoms in total. The number of oxazole rings is 1. The highest BCUT2D eigenvalue weighted by Crippen LogP contribution is 2.18. The van der Waals surface area contributed by atoms with Crippen molar-refractivity contribution in [2.75, 3.05) is 11.9 Å². The fraction of sp³-hybridized carbons (Fsp3) is 0.167. The molecule has 1 aromatic heterocycles. The molecule has 3 aromatic rings. The number of hydrogen-bond donors (Lipinski definition) is 2. The lowest BCUT2D eigenvalue weighted by Gasteiger charge is -2.08. The third kappa shape index (κ3) is 3.78. The zero-order chi connectivity index (χ0) is 18.7. The van der Waals surface area contributed by atoms with Gasteiger partial charge < -0.3 is 15.1 Å². The zero-order valence-corrected chi connectivity index (χ0v) is 14.7. The van der Waals surface area contributed by atoms with Crippen molar-refractivity contribution < 1.29 is 14.0 Å². The number of aromatic nitrogens is 1. The lowest BCUT2D eigenvalue weighted by molar-refractivity contribution is -0.116. The Morgan fingerprint density at radius 2 is 2.00 bits per heavy atom. The lowest BCUT2D eigenvalue weighted by atomic mass is 10.2. The molecule has 0 aliphatic heterocycles. The van der Waals surface area contributed by atoms with Crippen LogP contribution in [0.25, 0.3) is 11.1 Å². The average molecular weight is 374 g/mol. The third-order valence-electron chi connectivity index (χ3n) is 3.68. The summed E-state index contributed by atoms with van der Waals surface area (Å²) in [6.07, 6.45) is 0. The molecule has 1 heterocycles. The van der Waals surface area contributed by atoms with Crippen molar-refractivity contribution in [2.24, 2.45) is 0 Å². The average Bonchev–Trinajstić information content (AvgIpc) is 2.90. The Balaban J connectivity index is 1.78. The standard InChI is InChI=1S/C18H16ClN3O4/c1-2-20-17(24)11-4-3-5-13(8-11)21-16(23)10-22-14-7-6-12(19)9-15(14)26-18(22)25/h3-9H,2,10H2,1H3,(H,20,24)(H,21,23). The molecule has 0 saturated heterocycles. The number of fused-ring (bicyclic) bond motifs is 1. The van der Waals surface area contributed by atoms with Crippen molar-refractivity contribution in [1.29, 1.82) is 0 Å². The molecule has 0 bridgehead atoms. The Morgan fingerprint density at radius 1 is 1.19 bits per heavy atom. The summed E-state index contributed by atoms with van der Waals surface area (Å²) >= 11 is 5.87. The maximum absolute atomic E-state index is 12.3. The number of nitrogens with zero attached hydrogens (tertiary/aromatic N) is 1. The van der Waals surface area contributed by atoms with E-state index in [0.717, 1.165) is 0 Å². The molecule has 3 rings (SSSR count). The summed E-state index contributed by atoms with van der Waals surface area (Å²) in [6.45, 7) is 2.11. The SMILES string of the molecule is CCNC(=O)c1cccc(NC(=O)Cn2c(=O)oc3cc(Cl)ccc32)c1. The van der Waals surface area contributed by atoms with E-state index in [0.29, 0.717) is 33.9 Å². The number of rotatable bonds is 5. The van der Waals surface area contributed by atoms with Gasteiger partial charge in [-0.05, 0) is 37.3 Å². The van der Waals surface area contributed by atoms with Crippen LogP contribution in [-0.4, -0.2) is 22.9 Å². The monoisotopic (exact) mass is 373 g/mol. The number of anilines is 1. The second kappa shape index (κ2) is 7.45. The summed E-state index contributed by atoms with van der Waals surface area (Å²) in [4.78, 5) is 36.1. The molecule has 2 amide bonds. The minimum absolute atomic E-state index is 0.223. The Kier molecular flexibility index (Phi) is 5.09. The van der Waals surface area contributed by atoms with Crippen LogP contribution in [0, 0.1) is 0 Å². The van der Waals surface area contributed by atoms with Gasteiger partial charge in [-0.15, -0.1) is 0 Å². The van der Waals surface area contributed by atoms with E-state index in [-0.39, 0.29) is 12.5 Å². The molecule has 2 aromatic carbocycles. The van der Waals surface area contributed by atoms with E-state index in [1.54, 1.807) is 36.4 Å². The van der Waals surface area contributed by atoms with Crippen molar-refractivity contribution in [3.63, 3.8) is 0 Å². The molecule has 0 aliphatic carbocycles. The van der Waals surface area contributed by atoms with Gasteiger partial charge in [0, 0.05) is 28.9 Å². The number of nitrogens with one attached hydrogen (secondary N) is 2. The van der Waals surface area contributed by atoms with Crippen molar-refractivity contribution in [1.82, 2.24) is 9.88 Å². The highest BCUT2D eigenvalue weighted by molar-refractivity contribution is 6.31. The molecule has 8 heteroatoms. The van der Waals surface area contributed by atoms with Gasteiger partial charge in [-0.25, -0.2) is 4.79 Å². The Morgan fingerprint density at radius 3 is 2.77 bits per heavy atom. The molecular weight excluding hydrogens is 358 g/mol. The van der Waals surface area contributed by atoms with Crippen LogP contribution >= 0.6 is 11.6 Å². The summed E-state index contributed by atoms with van der Waals surface area (Å²) in [6, 6.07) is 11.3. The van der Waals surface area contributed by atoms with Gasteiger partial charge in [0.15, 0.2) is 5.58 Å². The molecule has 0 aliphatic rings. The number of carbonyl (C=O) groups excluding carboxylic acids is 2. The number of halogens is 1. The molecule has 26 heavy (non-hydrogen) atoms. The third-order valence-corrected chi connectivity index (χ3v) is 3.91. The Bertz CT molecular complexity index is 1040. The van der Waals surface area contributed by atoms with E-state index in [4.69, 9.17) is 16.0 Å². The van der Waals surface area contributed by atoms with Crippen molar-refractivity contribution in [3.8, 4) is 0 Å². The second-order valence-electron chi connectivity index (χ2n) is 5.55. The molecule has 0 saturated carbocycles. The van der Waals surface area contributed by atoms with Crippen molar-refractivity contribution in [3.05, 3.63) is 63.6 Å². The fourth-order valence-corrected chi connectivity index (χ4v) is 2.70. The topological polar surface area (TPSA) is 93.3 Å².